The highest BCUT2D eigenvalue weighted by Gasteiger charge is 2.27. The standard InChI is InChI=1S/C19H28N2O3/c1-3-5-7-14-9-11-15(12-10-14)18(22)21-17-16(8-6-13-20-17)19(23)24-4-2/h6,8,13-15H,3-5,7,9-12H2,1-2H3,(H,20,21,22). The van der Waals surface area contributed by atoms with Gasteiger partial charge >= 0.3 is 5.97 Å². The number of carbonyl (C=O) groups is 2. The zero-order valence-electron chi connectivity index (χ0n) is 14.7. The molecule has 1 fully saturated rings. The van der Waals surface area contributed by atoms with E-state index in [4.69, 9.17) is 4.74 Å². The van der Waals surface area contributed by atoms with E-state index >= 15 is 0 Å². The Morgan fingerprint density at radius 2 is 2.00 bits per heavy atom. The number of hydrogen-bond acceptors (Lipinski definition) is 4. The lowest BCUT2D eigenvalue weighted by molar-refractivity contribution is -0.121. The number of anilines is 1. The van der Waals surface area contributed by atoms with Crippen LogP contribution >= 0.6 is 0 Å². The molecule has 5 nitrogen and oxygen atoms in total. The lowest BCUT2D eigenvalue weighted by Gasteiger charge is -2.27. The van der Waals surface area contributed by atoms with E-state index in [1.807, 2.05) is 0 Å². The fraction of sp³-hybridized carbons (Fsp3) is 0.632. The van der Waals surface area contributed by atoms with Gasteiger partial charge in [0.2, 0.25) is 5.91 Å². The molecular weight excluding hydrogens is 304 g/mol. The monoisotopic (exact) mass is 332 g/mol. The Balaban J connectivity index is 1.92. The van der Waals surface area contributed by atoms with Crippen molar-refractivity contribution in [3.05, 3.63) is 23.9 Å². The Hall–Kier alpha value is -1.91. The van der Waals surface area contributed by atoms with Crippen LogP contribution < -0.4 is 5.32 Å². The Morgan fingerprint density at radius 3 is 2.67 bits per heavy atom. The summed E-state index contributed by atoms with van der Waals surface area (Å²) in [6.07, 6.45) is 9.42. The molecule has 0 atom stereocenters. The third kappa shape index (κ3) is 5.05. The van der Waals surface area contributed by atoms with E-state index in [1.165, 1.54) is 19.3 Å². The van der Waals surface area contributed by atoms with E-state index in [9.17, 15) is 9.59 Å². The van der Waals surface area contributed by atoms with Gasteiger partial charge in [0.1, 0.15) is 11.4 Å². The molecule has 0 spiro atoms. The van der Waals surface area contributed by atoms with Gasteiger partial charge in [0, 0.05) is 12.1 Å². The van der Waals surface area contributed by atoms with Crippen molar-refractivity contribution in [3.63, 3.8) is 0 Å². The number of unbranched alkanes of at least 4 members (excludes halogenated alkanes) is 1. The zero-order chi connectivity index (χ0) is 17.4. The molecular formula is C19H28N2O3. The van der Waals surface area contributed by atoms with Crippen LogP contribution in [0.25, 0.3) is 0 Å². The van der Waals surface area contributed by atoms with E-state index in [-0.39, 0.29) is 11.8 Å². The van der Waals surface area contributed by atoms with Gasteiger partial charge < -0.3 is 10.1 Å². The maximum atomic E-state index is 12.5. The summed E-state index contributed by atoms with van der Waals surface area (Å²) in [6.45, 7) is 4.26. The second-order valence-corrected chi connectivity index (χ2v) is 6.47. The summed E-state index contributed by atoms with van der Waals surface area (Å²) in [4.78, 5) is 28.6. The second kappa shape index (κ2) is 9.40. The number of nitrogens with one attached hydrogen (secondary N) is 1. The zero-order valence-corrected chi connectivity index (χ0v) is 14.7. The van der Waals surface area contributed by atoms with Crippen molar-refractivity contribution >= 4 is 17.7 Å². The van der Waals surface area contributed by atoms with Gasteiger partial charge in [0.05, 0.1) is 6.61 Å². The van der Waals surface area contributed by atoms with Crippen molar-refractivity contribution < 1.29 is 14.3 Å². The Labute approximate surface area is 144 Å². The van der Waals surface area contributed by atoms with Crippen molar-refractivity contribution in [2.75, 3.05) is 11.9 Å². The Morgan fingerprint density at radius 1 is 1.25 bits per heavy atom. The predicted molar refractivity (Wildman–Crippen MR) is 93.8 cm³/mol. The highest BCUT2D eigenvalue weighted by Crippen LogP contribution is 2.32. The molecule has 5 heteroatoms. The fourth-order valence-corrected chi connectivity index (χ4v) is 3.30. The van der Waals surface area contributed by atoms with Crippen LogP contribution in [0.5, 0.6) is 0 Å². The van der Waals surface area contributed by atoms with Crippen LogP contribution in [0.2, 0.25) is 0 Å². The summed E-state index contributed by atoms with van der Waals surface area (Å²) in [6, 6.07) is 3.29. The number of amides is 1. The van der Waals surface area contributed by atoms with E-state index in [2.05, 4.69) is 17.2 Å². The predicted octanol–water partition coefficient (Wildman–Crippen LogP) is 4.19. The molecule has 1 saturated carbocycles. The molecule has 0 saturated heterocycles. The minimum absolute atomic E-state index is 0.0138. The first-order valence-electron chi connectivity index (χ1n) is 9.08. The van der Waals surface area contributed by atoms with E-state index in [1.54, 1.807) is 25.3 Å². The molecule has 0 radical (unpaired) electrons. The summed E-state index contributed by atoms with van der Waals surface area (Å²) >= 11 is 0. The first-order valence-corrected chi connectivity index (χ1v) is 9.08. The first-order chi connectivity index (χ1) is 11.7. The van der Waals surface area contributed by atoms with Crippen LogP contribution in [0, 0.1) is 11.8 Å². The third-order valence-electron chi connectivity index (χ3n) is 4.73. The first kappa shape index (κ1) is 18.4. The summed E-state index contributed by atoms with van der Waals surface area (Å²) < 4.78 is 5.02. The van der Waals surface area contributed by atoms with Gasteiger partial charge in [-0.1, -0.05) is 26.2 Å². The summed E-state index contributed by atoms with van der Waals surface area (Å²) in [7, 11) is 0. The van der Waals surface area contributed by atoms with Crippen LogP contribution in [-0.2, 0) is 9.53 Å². The van der Waals surface area contributed by atoms with Crippen LogP contribution in [0.15, 0.2) is 18.3 Å². The molecule has 1 aromatic rings. The minimum atomic E-state index is -0.454. The second-order valence-electron chi connectivity index (χ2n) is 6.47. The molecule has 1 N–H and O–H groups in total. The summed E-state index contributed by atoms with van der Waals surface area (Å²) in [5.74, 6) is 0.588. The van der Waals surface area contributed by atoms with Gasteiger partial charge in [-0.2, -0.15) is 0 Å². The average Bonchev–Trinajstić information content (AvgIpc) is 2.61. The molecule has 1 heterocycles. The third-order valence-corrected chi connectivity index (χ3v) is 4.73. The quantitative estimate of drug-likeness (QED) is 0.760. The molecule has 0 aromatic carbocycles. The fourth-order valence-electron chi connectivity index (χ4n) is 3.30. The molecule has 0 bridgehead atoms. The van der Waals surface area contributed by atoms with Crippen molar-refractivity contribution in [1.29, 1.82) is 0 Å². The topological polar surface area (TPSA) is 68.3 Å². The number of pyridine rings is 1. The summed E-state index contributed by atoms with van der Waals surface area (Å²) in [5, 5.41) is 2.83. The average molecular weight is 332 g/mol. The van der Waals surface area contributed by atoms with Crippen LogP contribution in [-0.4, -0.2) is 23.5 Å². The highest BCUT2D eigenvalue weighted by atomic mass is 16.5. The van der Waals surface area contributed by atoms with Crippen molar-refractivity contribution in [1.82, 2.24) is 4.98 Å². The molecule has 1 amide bonds. The molecule has 132 valence electrons. The maximum Gasteiger partial charge on any atom is 0.341 e. The van der Waals surface area contributed by atoms with Crippen LogP contribution in [0.1, 0.15) is 69.2 Å². The number of ether oxygens (including phenoxy) is 1. The molecule has 2 rings (SSSR count). The molecule has 1 aromatic heterocycles. The van der Waals surface area contributed by atoms with E-state index in [0.717, 1.165) is 31.6 Å². The smallest absolute Gasteiger partial charge is 0.341 e. The van der Waals surface area contributed by atoms with Gasteiger partial charge in [0.25, 0.3) is 0 Å². The summed E-state index contributed by atoms with van der Waals surface area (Å²) in [5.41, 5.74) is 0.310. The van der Waals surface area contributed by atoms with Gasteiger partial charge in [-0.3, -0.25) is 4.79 Å². The number of aromatic nitrogens is 1. The number of nitrogens with zero attached hydrogens (tertiary/aromatic N) is 1. The molecule has 1 aliphatic carbocycles. The number of carbonyl (C=O) groups excluding carboxylic acids is 2. The normalized spacial score (nSPS) is 20.4. The van der Waals surface area contributed by atoms with Crippen molar-refractivity contribution in [3.8, 4) is 0 Å². The molecule has 1 aliphatic rings. The van der Waals surface area contributed by atoms with Crippen LogP contribution in [0.3, 0.4) is 0 Å². The lowest BCUT2D eigenvalue weighted by Crippen LogP contribution is -2.28. The highest BCUT2D eigenvalue weighted by molar-refractivity contribution is 6.00. The number of rotatable bonds is 7. The Bertz CT molecular complexity index is 551. The molecule has 0 unspecified atom stereocenters. The largest absolute Gasteiger partial charge is 0.462 e. The van der Waals surface area contributed by atoms with Gasteiger partial charge in [-0.05, 0) is 50.7 Å². The minimum Gasteiger partial charge on any atom is -0.462 e. The van der Waals surface area contributed by atoms with E-state index in [0.29, 0.717) is 18.0 Å². The SMILES string of the molecule is CCCCC1CCC(C(=O)Nc2ncccc2C(=O)OCC)CC1. The number of hydrogen-bond donors (Lipinski definition) is 1. The number of esters is 1. The molecule has 0 aliphatic heterocycles. The van der Waals surface area contributed by atoms with E-state index < -0.39 is 5.97 Å². The maximum absolute atomic E-state index is 12.5. The lowest BCUT2D eigenvalue weighted by atomic mass is 9.79. The van der Waals surface area contributed by atoms with Crippen molar-refractivity contribution in [2.24, 2.45) is 11.8 Å². The van der Waals surface area contributed by atoms with Crippen LogP contribution in [0.4, 0.5) is 5.82 Å². The Kier molecular flexibility index (Phi) is 7.22. The van der Waals surface area contributed by atoms with Crippen molar-refractivity contribution in [2.45, 2.75) is 58.8 Å². The van der Waals surface area contributed by atoms with Gasteiger partial charge in [0.15, 0.2) is 0 Å². The van der Waals surface area contributed by atoms with Gasteiger partial charge in [-0.15, -0.1) is 0 Å². The van der Waals surface area contributed by atoms with Gasteiger partial charge in [-0.25, -0.2) is 9.78 Å². The molecule has 24 heavy (non-hydrogen) atoms.